The summed E-state index contributed by atoms with van der Waals surface area (Å²) >= 11 is 0. The number of furan rings is 1. The highest BCUT2D eigenvalue weighted by molar-refractivity contribution is 5.92. The van der Waals surface area contributed by atoms with E-state index in [1.54, 1.807) is 6.07 Å². The summed E-state index contributed by atoms with van der Waals surface area (Å²) in [7, 11) is 0. The van der Waals surface area contributed by atoms with Crippen LogP contribution in [0.4, 0.5) is 0 Å². The lowest BCUT2D eigenvalue weighted by atomic mass is 9.94. The van der Waals surface area contributed by atoms with Gasteiger partial charge in [-0.05, 0) is 12.1 Å². The highest BCUT2D eigenvalue weighted by Gasteiger charge is 2.42. The fourth-order valence-corrected chi connectivity index (χ4v) is 2.18. The van der Waals surface area contributed by atoms with Gasteiger partial charge in [-0.2, -0.15) is 0 Å². The van der Waals surface area contributed by atoms with Crippen molar-refractivity contribution in [3.8, 4) is 0 Å². The van der Waals surface area contributed by atoms with Crippen molar-refractivity contribution in [2.45, 2.75) is 24.4 Å². The van der Waals surface area contributed by atoms with Crippen LogP contribution in [0, 0.1) is 0 Å². The molecule has 1 aromatic heterocycles. The van der Waals surface area contributed by atoms with E-state index in [-0.39, 0.29) is 6.54 Å². The number of β-amino-alcohol motifs (C(OH)–C–C–N with tert-alkyl or cyclic N) is 1. The minimum atomic E-state index is -1.39. The molecule has 4 atom stereocenters. The molecule has 4 N–H and O–H groups in total. The van der Waals surface area contributed by atoms with Gasteiger partial charge in [-0.1, -0.05) is 0 Å². The molecule has 110 valence electrons. The van der Waals surface area contributed by atoms with Crippen LogP contribution in [0.5, 0.6) is 0 Å². The third-order valence-electron chi connectivity index (χ3n) is 3.35. The number of likely N-dealkylation sites (tertiary alicyclic amines) is 1. The van der Waals surface area contributed by atoms with Crippen molar-refractivity contribution < 1.29 is 29.6 Å². The smallest absolute Gasteiger partial charge is 0.247 e. The lowest BCUT2D eigenvalue weighted by Gasteiger charge is -2.42. The first-order valence-electron chi connectivity index (χ1n) is 6.20. The van der Waals surface area contributed by atoms with Crippen LogP contribution in [0.1, 0.15) is 5.56 Å². The molecule has 0 saturated carbocycles. The minimum absolute atomic E-state index is 0.155. The third kappa shape index (κ3) is 2.91. The van der Waals surface area contributed by atoms with Crippen molar-refractivity contribution in [1.29, 1.82) is 0 Å². The molecular weight excluding hydrogens is 266 g/mol. The van der Waals surface area contributed by atoms with E-state index >= 15 is 0 Å². The van der Waals surface area contributed by atoms with E-state index < -0.39 is 36.9 Å². The van der Waals surface area contributed by atoms with Crippen LogP contribution in [0.25, 0.3) is 6.08 Å². The Labute approximate surface area is 115 Å². The Hall–Kier alpha value is -1.67. The molecule has 0 spiro atoms. The second-order valence-electron chi connectivity index (χ2n) is 4.68. The first kappa shape index (κ1) is 14.7. The van der Waals surface area contributed by atoms with Gasteiger partial charge in [0.25, 0.3) is 0 Å². The van der Waals surface area contributed by atoms with Crippen molar-refractivity contribution in [1.82, 2.24) is 4.90 Å². The molecule has 1 amide bonds. The SMILES string of the molecule is O=C(/C=C/c1ccoc1)N1C[C@H](O)[C@@H](O)[C@H](O)[C@H]1CO. The summed E-state index contributed by atoms with van der Waals surface area (Å²) in [6.45, 7) is -0.658. The summed E-state index contributed by atoms with van der Waals surface area (Å²) in [5.41, 5.74) is 0.692. The number of hydrogen-bond acceptors (Lipinski definition) is 6. The first-order chi connectivity index (χ1) is 9.54. The molecule has 20 heavy (non-hydrogen) atoms. The maximum atomic E-state index is 12.1. The molecule has 1 aliphatic rings. The number of amides is 1. The standard InChI is InChI=1S/C13H17NO6/c15-6-9-12(18)13(19)10(16)5-14(9)11(17)2-1-8-3-4-20-7-8/h1-4,7,9-10,12-13,15-16,18-19H,5-6H2/b2-1+/t9-,10+,12-,13-/m1/s1. The Morgan fingerprint density at radius 3 is 2.75 bits per heavy atom. The largest absolute Gasteiger partial charge is 0.472 e. The summed E-state index contributed by atoms with van der Waals surface area (Å²) in [6, 6.07) is 0.714. The average Bonchev–Trinajstić information content (AvgIpc) is 2.95. The Bertz CT molecular complexity index is 471. The number of hydrogen-bond donors (Lipinski definition) is 4. The van der Waals surface area contributed by atoms with Crippen LogP contribution in [0.3, 0.4) is 0 Å². The van der Waals surface area contributed by atoms with Gasteiger partial charge in [0.05, 0.1) is 31.7 Å². The summed E-state index contributed by atoms with van der Waals surface area (Å²) < 4.78 is 4.85. The predicted octanol–water partition coefficient (Wildman–Crippen LogP) is -1.42. The van der Waals surface area contributed by atoms with E-state index in [1.165, 1.54) is 24.7 Å². The summed E-state index contributed by atoms with van der Waals surface area (Å²) in [5.74, 6) is -0.477. The van der Waals surface area contributed by atoms with Crippen LogP contribution >= 0.6 is 0 Å². The van der Waals surface area contributed by atoms with E-state index in [0.29, 0.717) is 5.56 Å². The van der Waals surface area contributed by atoms with E-state index in [4.69, 9.17) is 4.42 Å². The Kier molecular flexibility index (Phi) is 4.56. The molecular formula is C13H17NO6. The van der Waals surface area contributed by atoms with E-state index in [1.807, 2.05) is 0 Å². The fraction of sp³-hybridized carbons (Fsp3) is 0.462. The van der Waals surface area contributed by atoms with Gasteiger partial charge in [0, 0.05) is 11.6 Å². The van der Waals surface area contributed by atoms with E-state index in [2.05, 4.69) is 0 Å². The van der Waals surface area contributed by atoms with Crippen LogP contribution in [-0.2, 0) is 4.79 Å². The number of rotatable bonds is 3. The fourth-order valence-electron chi connectivity index (χ4n) is 2.18. The second-order valence-corrected chi connectivity index (χ2v) is 4.68. The maximum absolute atomic E-state index is 12.1. The number of aliphatic hydroxyl groups excluding tert-OH is 4. The topological polar surface area (TPSA) is 114 Å². The predicted molar refractivity (Wildman–Crippen MR) is 68.3 cm³/mol. The van der Waals surface area contributed by atoms with Crippen molar-refractivity contribution >= 4 is 12.0 Å². The molecule has 0 unspecified atom stereocenters. The lowest BCUT2D eigenvalue weighted by Crippen LogP contribution is -2.63. The molecule has 7 heteroatoms. The number of carbonyl (C=O) groups excluding carboxylic acids is 1. The van der Waals surface area contributed by atoms with Gasteiger partial charge in [-0.3, -0.25) is 4.79 Å². The van der Waals surface area contributed by atoms with Crippen molar-refractivity contribution in [3.05, 3.63) is 30.2 Å². The Morgan fingerprint density at radius 2 is 2.15 bits per heavy atom. The molecule has 1 aliphatic heterocycles. The zero-order valence-electron chi connectivity index (χ0n) is 10.7. The molecule has 0 aliphatic carbocycles. The molecule has 1 fully saturated rings. The molecule has 1 aromatic rings. The highest BCUT2D eigenvalue weighted by atomic mass is 16.4. The Morgan fingerprint density at radius 1 is 1.40 bits per heavy atom. The highest BCUT2D eigenvalue weighted by Crippen LogP contribution is 2.19. The first-order valence-corrected chi connectivity index (χ1v) is 6.20. The zero-order chi connectivity index (χ0) is 14.7. The van der Waals surface area contributed by atoms with Crippen LogP contribution in [0.2, 0.25) is 0 Å². The van der Waals surface area contributed by atoms with E-state index in [0.717, 1.165) is 4.90 Å². The number of piperidine rings is 1. The molecule has 7 nitrogen and oxygen atoms in total. The molecule has 2 heterocycles. The Balaban J connectivity index is 2.11. The normalized spacial score (nSPS) is 30.9. The zero-order valence-corrected chi connectivity index (χ0v) is 10.7. The van der Waals surface area contributed by atoms with Gasteiger partial charge in [0.2, 0.25) is 5.91 Å². The van der Waals surface area contributed by atoms with Gasteiger partial charge in [0.15, 0.2) is 0 Å². The molecule has 0 bridgehead atoms. The second kappa shape index (κ2) is 6.19. The molecule has 0 aromatic carbocycles. The molecule has 0 radical (unpaired) electrons. The lowest BCUT2D eigenvalue weighted by molar-refractivity contribution is -0.162. The van der Waals surface area contributed by atoms with Gasteiger partial charge >= 0.3 is 0 Å². The van der Waals surface area contributed by atoms with Gasteiger partial charge in [0.1, 0.15) is 18.3 Å². The van der Waals surface area contributed by atoms with Crippen molar-refractivity contribution in [2.75, 3.05) is 13.2 Å². The summed E-state index contributed by atoms with van der Waals surface area (Å²) in [4.78, 5) is 13.2. The number of nitrogens with zero attached hydrogens (tertiary/aromatic N) is 1. The van der Waals surface area contributed by atoms with Gasteiger partial charge in [-0.15, -0.1) is 0 Å². The summed E-state index contributed by atoms with van der Waals surface area (Å²) in [5, 5.41) is 38.2. The number of aliphatic hydroxyl groups is 4. The maximum Gasteiger partial charge on any atom is 0.247 e. The number of carbonyl (C=O) groups is 1. The summed E-state index contributed by atoms with van der Waals surface area (Å²) in [6.07, 6.45) is 1.67. The molecule has 2 rings (SSSR count). The van der Waals surface area contributed by atoms with Crippen molar-refractivity contribution in [2.24, 2.45) is 0 Å². The van der Waals surface area contributed by atoms with Gasteiger partial charge < -0.3 is 29.7 Å². The van der Waals surface area contributed by atoms with Crippen molar-refractivity contribution in [3.63, 3.8) is 0 Å². The van der Waals surface area contributed by atoms with Crippen LogP contribution in [-0.4, -0.2) is 68.7 Å². The van der Waals surface area contributed by atoms with Crippen LogP contribution < -0.4 is 0 Å². The van der Waals surface area contributed by atoms with Gasteiger partial charge in [-0.25, -0.2) is 0 Å². The van der Waals surface area contributed by atoms with Crippen LogP contribution in [0.15, 0.2) is 29.1 Å². The third-order valence-corrected chi connectivity index (χ3v) is 3.35. The minimum Gasteiger partial charge on any atom is -0.472 e. The average molecular weight is 283 g/mol. The monoisotopic (exact) mass is 283 g/mol. The quantitative estimate of drug-likeness (QED) is 0.506. The van der Waals surface area contributed by atoms with E-state index in [9.17, 15) is 25.2 Å². The molecule has 1 saturated heterocycles.